The van der Waals surface area contributed by atoms with Crippen molar-refractivity contribution >= 4 is 29.1 Å². The quantitative estimate of drug-likeness (QED) is 0.270. The third-order valence-electron chi connectivity index (χ3n) is 6.54. The molecule has 2 heterocycles. The van der Waals surface area contributed by atoms with Gasteiger partial charge in [-0.15, -0.1) is 0 Å². The highest BCUT2D eigenvalue weighted by atomic mass is 35.5. The minimum Gasteiger partial charge on any atom is -0.465 e. The number of amides is 2. The molecule has 2 aromatic heterocycles. The summed E-state index contributed by atoms with van der Waals surface area (Å²) in [6.45, 7) is 6.60. The standard InChI is InChI=1S/C29H32ClN5O4/c1-19(2)26(33(15-7-14-31-28(37)38)27(36)22-10-12-23(30)13-11-22)25-17-24-16-20(3)32-35(24)29(39)34(25)18-21-8-5-4-6-9-21/h4-6,8-13,16-17,19,26,31H,7,14-15,18H2,1-3H3,(H,37,38). The Morgan fingerprint density at radius 2 is 1.77 bits per heavy atom. The summed E-state index contributed by atoms with van der Waals surface area (Å²) in [5.41, 5.74) is 3.14. The Balaban J connectivity index is 1.86. The molecule has 2 aromatic carbocycles. The highest BCUT2D eigenvalue weighted by molar-refractivity contribution is 6.30. The molecule has 9 nitrogen and oxygen atoms in total. The largest absolute Gasteiger partial charge is 0.465 e. The van der Waals surface area contributed by atoms with Gasteiger partial charge in [0.2, 0.25) is 0 Å². The van der Waals surface area contributed by atoms with E-state index in [1.54, 1.807) is 33.7 Å². The summed E-state index contributed by atoms with van der Waals surface area (Å²) >= 11 is 6.07. The summed E-state index contributed by atoms with van der Waals surface area (Å²) in [5, 5.41) is 16.3. The number of halogens is 1. The Bertz CT molecular complexity index is 1510. The monoisotopic (exact) mass is 549 g/mol. The van der Waals surface area contributed by atoms with Crippen LogP contribution in [0.25, 0.3) is 5.52 Å². The number of carbonyl (C=O) groups excluding carboxylic acids is 1. The summed E-state index contributed by atoms with van der Waals surface area (Å²) in [4.78, 5) is 40.5. The van der Waals surface area contributed by atoms with E-state index >= 15 is 0 Å². The molecule has 0 radical (unpaired) electrons. The van der Waals surface area contributed by atoms with E-state index in [9.17, 15) is 14.4 Å². The van der Waals surface area contributed by atoms with Crippen LogP contribution in [-0.2, 0) is 6.54 Å². The second-order valence-electron chi connectivity index (χ2n) is 9.83. The van der Waals surface area contributed by atoms with Crippen LogP contribution >= 0.6 is 11.6 Å². The number of hydrogen-bond acceptors (Lipinski definition) is 4. The lowest BCUT2D eigenvalue weighted by Gasteiger charge is -2.36. The van der Waals surface area contributed by atoms with Crippen LogP contribution in [0.3, 0.4) is 0 Å². The summed E-state index contributed by atoms with van der Waals surface area (Å²) in [6.07, 6.45) is -0.726. The van der Waals surface area contributed by atoms with E-state index < -0.39 is 12.1 Å². The van der Waals surface area contributed by atoms with Crippen molar-refractivity contribution in [1.29, 1.82) is 0 Å². The number of hydrogen-bond donors (Lipinski definition) is 2. The average Bonchev–Trinajstić information content (AvgIpc) is 3.28. The minimum atomic E-state index is -1.12. The van der Waals surface area contributed by atoms with E-state index in [2.05, 4.69) is 10.4 Å². The number of benzene rings is 2. The van der Waals surface area contributed by atoms with Crippen molar-refractivity contribution in [3.8, 4) is 0 Å². The molecule has 0 spiro atoms. The number of carbonyl (C=O) groups is 2. The van der Waals surface area contributed by atoms with Crippen molar-refractivity contribution in [2.45, 2.75) is 39.8 Å². The van der Waals surface area contributed by atoms with Crippen molar-refractivity contribution in [3.05, 3.63) is 105 Å². The van der Waals surface area contributed by atoms with E-state index in [0.29, 0.717) is 40.5 Å². The molecule has 0 saturated carbocycles. The summed E-state index contributed by atoms with van der Waals surface area (Å²) < 4.78 is 3.07. The van der Waals surface area contributed by atoms with Crippen LogP contribution in [0.5, 0.6) is 0 Å². The Labute approximate surface area is 231 Å². The molecule has 0 saturated heterocycles. The van der Waals surface area contributed by atoms with E-state index in [4.69, 9.17) is 16.7 Å². The maximum Gasteiger partial charge on any atom is 0.404 e. The third kappa shape index (κ3) is 6.49. The van der Waals surface area contributed by atoms with E-state index in [0.717, 1.165) is 5.56 Å². The fourth-order valence-electron chi connectivity index (χ4n) is 4.83. The first-order valence-corrected chi connectivity index (χ1v) is 13.2. The van der Waals surface area contributed by atoms with Gasteiger partial charge in [-0.2, -0.15) is 9.61 Å². The first kappa shape index (κ1) is 27.9. The molecule has 2 N–H and O–H groups in total. The van der Waals surface area contributed by atoms with Crippen LogP contribution in [0.2, 0.25) is 5.02 Å². The van der Waals surface area contributed by atoms with Crippen molar-refractivity contribution in [2.24, 2.45) is 5.92 Å². The summed E-state index contributed by atoms with van der Waals surface area (Å²) in [6, 6.07) is 19.6. The summed E-state index contributed by atoms with van der Waals surface area (Å²) in [7, 11) is 0. The second-order valence-corrected chi connectivity index (χ2v) is 10.3. The normalized spacial score (nSPS) is 12.0. The zero-order valence-corrected chi connectivity index (χ0v) is 22.9. The van der Waals surface area contributed by atoms with Gasteiger partial charge in [0.1, 0.15) is 0 Å². The molecule has 0 fully saturated rings. The van der Waals surface area contributed by atoms with Gasteiger partial charge in [-0.25, -0.2) is 9.59 Å². The average molecular weight is 550 g/mol. The first-order valence-electron chi connectivity index (χ1n) is 12.8. The van der Waals surface area contributed by atoms with E-state index in [1.165, 1.54) is 4.52 Å². The van der Waals surface area contributed by atoms with Gasteiger partial charge >= 0.3 is 11.8 Å². The molecule has 0 bridgehead atoms. The molecule has 10 heteroatoms. The van der Waals surface area contributed by atoms with Gasteiger partial charge in [-0.1, -0.05) is 55.8 Å². The zero-order chi connectivity index (χ0) is 28.1. The number of carboxylic acid groups (broad SMARTS) is 1. The fourth-order valence-corrected chi connectivity index (χ4v) is 4.96. The predicted octanol–water partition coefficient (Wildman–Crippen LogP) is 5.00. The Kier molecular flexibility index (Phi) is 8.71. The van der Waals surface area contributed by atoms with E-state index in [-0.39, 0.29) is 30.6 Å². The molecule has 0 aliphatic carbocycles. The van der Waals surface area contributed by atoms with Gasteiger partial charge < -0.3 is 15.3 Å². The smallest absolute Gasteiger partial charge is 0.404 e. The van der Waals surface area contributed by atoms with Gasteiger partial charge in [0.15, 0.2) is 0 Å². The number of rotatable bonds is 10. The van der Waals surface area contributed by atoms with Gasteiger partial charge in [0.05, 0.1) is 23.8 Å². The van der Waals surface area contributed by atoms with Crippen molar-refractivity contribution < 1.29 is 14.7 Å². The molecular weight excluding hydrogens is 518 g/mol. The molecule has 204 valence electrons. The zero-order valence-electron chi connectivity index (χ0n) is 22.2. The second kappa shape index (κ2) is 12.2. The Morgan fingerprint density at radius 1 is 1.08 bits per heavy atom. The molecular formula is C29H32ClN5O4. The number of nitrogens with zero attached hydrogens (tertiary/aromatic N) is 4. The number of fused-ring (bicyclic) bond motifs is 1. The lowest BCUT2D eigenvalue weighted by Crippen LogP contribution is -2.42. The van der Waals surface area contributed by atoms with Gasteiger partial charge in [0, 0.05) is 29.4 Å². The maximum absolute atomic E-state index is 14.0. The lowest BCUT2D eigenvalue weighted by molar-refractivity contribution is 0.0608. The molecule has 39 heavy (non-hydrogen) atoms. The molecule has 1 unspecified atom stereocenters. The third-order valence-corrected chi connectivity index (χ3v) is 6.79. The number of nitrogens with one attached hydrogen (secondary N) is 1. The highest BCUT2D eigenvalue weighted by Crippen LogP contribution is 2.31. The molecule has 4 aromatic rings. The molecule has 4 rings (SSSR count). The van der Waals surface area contributed by atoms with Crippen LogP contribution in [0, 0.1) is 12.8 Å². The van der Waals surface area contributed by atoms with E-state index in [1.807, 2.05) is 63.2 Å². The molecule has 2 amide bonds. The van der Waals surface area contributed by atoms with Crippen molar-refractivity contribution in [2.75, 3.05) is 13.1 Å². The topological polar surface area (TPSA) is 109 Å². The Hall–Kier alpha value is -4.11. The predicted molar refractivity (Wildman–Crippen MR) is 150 cm³/mol. The first-order chi connectivity index (χ1) is 18.7. The SMILES string of the molecule is Cc1cc2cc(C(C(C)C)N(CCCNC(=O)O)C(=O)c3ccc(Cl)cc3)n(Cc3ccccc3)c(=O)n2n1. The minimum absolute atomic E-state index is 0.0819. The van der Waals surface area contributed by atoms with Crippen molar-refractivity contribution in [1.82, 2.24) is 24.4 Å². The molecule has 0 aliphatic heterocycles. The lowest BCUT2D eigenvalue weighted by atomic mass is 9.96. The fraction of sp³-hybridized carbons (Fsp3) is 0.310. The van der Waals surface area contributed by atoms with Gasteiger partial charge in [-0.05, 0) is 61.2 Å². The summed E-state index contributed by atoms with van der Waals surface area (Å²) in [5.74, 6) is -0.314. The van der Waals surface area contributed by atoms with Crippen molar-refractivity contribution in [3.63, 3.8) is 0 Å². The van der Waals surface area contributed by atoms with Crippen LogP contribution in [0.1, 0.15) is 53.6 Å². The molecule has 1 atom stereocenters. The van der Waals surface area contributed by atoms with Crippen LogP contribution in [-0.4, -0.2) is 49.3 Å². The van der Waals surface area contributed by atoms with Crippen LogP contribution in [0.15, 0.2) is 71.5 Å². The van der Waals surface area contributed by atoms with Gasteiger partial charge in [-0.3, -0.25) is 9.36 Å². The maximum atomic E-state index is 14.0. The number of aromatic nitrogens is 3. The van der Waals surface area contributed by atoms with Gasteiger partial charge in [0.25, 0.3) is 5.91 Å². The highest BCUT2D eigenvalue weighted by Gasteiger charge is 2.32. The van der Waals surface area contributed by atoms with Crippen LogP contribution in [0.4, 0.5) is 4.79 Å². The molecule has 0 aliphatic rings. The number of aryl methyl sites for hydroxylation is 1. The Morgan fingerprint density at radius 3 is 2.41 bits per heavy atom. The van der Waals surface area contributed by atoms with Crippen LogP contribution < -0.4 is 11.0 Å².